The number of quaternary nitrogens is 1. The lowest BCUT2D eigenvalue weighted by molar-refractivity contribution is -0.794. The molecule has 2 N–H and O–H groups in total. The average molecular weight is 348 g/mol. The van der Waals surface area contributed by atoms with Crippen molar-refractivity contribution < 1.29 is 31.7 Å². The molecule has 2 rings (SSSR count). The monoisotopic (exact) mass is 346 g/mol. The summed E-state index contributed by atoms with van der Waals surface area (Å²) in [4.78, 5) is -0.867. The Bertz CT molecular complexity index is 315. The standard InChI is InChI=1S/C8H7BrClF6N/c9-4-2-1-3(10)5(4)17-6(2,7(11,12)13)8(14,15)16/h2-5,17H,1H2/p+1/t2-,3+,4+,5+/m1/s1. The maximum Gasteiger partial charge on any atom is 0.454 e. The minimum absolute atomic E-state index is 0.280. The molecular weight excluding hydrogens is 339 g/mol. The summed E-state index contributed by atoms with van der Waals surface area (Å²) in [5, 5.41) is -0.319. The second kappa shape index (κ2) is 3.66. The van der Waals surface area contributed by atoms with E-state index in [1.165, 1.54) is 0 Å². The van der Waals surface area contributed by atoms with Crippen LogP contribution in [0.1, 0.15) is 6.42 Å². The Hall–Kier alpha value is 0.310. The molecule has 0 aromatic heterocycles. The number of hydrogen-bond donors (Lipinski definition) is 1. The highest BCUT2D eigenvalue weighted by Crippen LogP contribution is 2.55. The Labute approximate surface area is 106 Å². The fourth-order valence-electron chi connectivity index (χ4n) is 2.83. The van der Waals surface area contributed by atoms with E-state index >= 15 is 0 Å². The lowest BCUT2D eigenvalue weighted by Crippen LogP contribution is -3.07. The highest BCUT2D eigenvalue weighted by Gasteiger charge is 2.85. The van der Waals surface area contributed by atoms with Crippen LogP contribution in [0.5, 0.6) is 0 Å². The van der Waals surface area contributed by atoms with Crippen LogP contribution in [0.15, 0.2) is 0 Å². The number of piperidine rings is 1. The molecular formula is C8H8BrClF6N+. The van der Waals surface area contributed by atoms with Crippen LogP contribution in [0.4, 0.5) is 26.3 Å². The number of fused-ring (bicyclic) bond motifs is 2. The van der Waals surface area contributed by atoms with Crippen LogP contribution in [0.3, 0.4) is 0 Å². The van der Waals surface area contributed by atoms with Gasteiger partial charge in [-0.3, -0.25) is 0 Å². The van der Waals surface area contributed by atoms with Crippen LogP contribution in [0, 0.1) is 5.92 Å². The Balaban J connectivity index is 2.48. The number of alkyl halides is 8. The van der Waals surface area contributed by atoms with Crippen molar-refractivity contribution in [3.8, 4) is 0 Å². The van der Waals surface area contributed by atoms with Crippen LogP contribution < -0.4 is 5.32 Å². The van der Waals surface area contributed by atoms with Crippen LogP contribution in [-0.4, -0.2) is 34.1 Å². The van der Waals surface area contributed by atoms with E-state index in [1.807, 2.05) is 0 Å². The van der Waals surface area contributed by atoms with Gasteiger partial charge in [0.15, 0.2) is 0 Å². The maximum atomic E-state index is 12.9. The van der Waals surface area contributed by atoms with E-state index < -0.39 is 40.1 Å². The number of hydrogen-bond acceptors (Lipinski definition) is 0. The van der Waals surface area contributed by atoms with E-state index in [1.54, 1.807) is 0 Å². The predicted octanol–water partition coefficient (Wildman–Crippen LogP) is 2.19. The van der Waals surface area contributed by atoms with E-state index in [4.69, 9.17) is 11.6 Å². The largest absolute Gasteiger partial charge is 0.454 e. The van der Waals surface area contributed by atoms with Crippen molar-refractivity contribution in [3.05, 3.63) is 0 Å². The smallest absolute Gasteiger partial charge is 0.321 e. The molecule has 1 saturated carbocycles. The fourth-order valence-corrected chi connectivity index (χ4v) is 4.58. The summed E-state index contributed by atoms with van der Waals surface area (Å²) in [6.45, 7) is 0. The molecule has 9 heteroatoms. The molecule has 1 saturated heterocycles. The Kier molecular flexibility index (Phi) is 2.96. The molecule has 2 bridgehead atoms. The van der Waals surface area contributed by atoms with Crippen LogP contribution >= 0.6 is 27.5 Å². The lowest BCUT2D eigenvalue weighted by Gasteiger charge is -2.38. The molecule has 0 spiro atoms. The minimum atomic E-state index is -5.34. The Morgan fingerprint density at radius 2 is 1.59 bits per heavy atom. The topological polar surface area (TPSA) is 16.6 Å². The SMILES string of the molecule is FC(F)(F)C1(C(F)(F)F)[NH2+][C@@H]2[C@@H](Br)[C@H]1C[C@@H]2Cl. The van der Waals surface area contributed by atoms with E-state index in [2.05, 4.69) is 15.9 Å². The Morgan fingerprint density at radius 3 is 1.82 bits per heavy atom. The zero-order valence-corrected chi connectivity index (χ0v) is 10.5. The van der Waals surface area contributed by atoms with Gasteiger partial charge in [0.1, 0.15) is 6.04 Å². The highest BCUT2D eigenvalue weighted by molar-refractivity contribution is 9.09. The first kappa shape index (κ1) is 13.7. The van der Waals surface area contributed by atoms with Gasteiger partial charge in [0, 0.05) is 0 Å². The van der Waals surface area contributed by atoms with Gasteiger partial charge in [-0.25, -0.2) is 0 Å². The van der Waals surface area contributed by atoms with Crippen LogP contribution in [-0.2, 0) is 0 Å². The third kappa shape index (κ3) is 1.63. The van der Waals surface area contributed by atoms with Gasteiger partial charge in [-0.2, -0.15) is 26.3 Å². The summed E-state index contributed by atoms with van der Waals surface area (Å²) >= 11 is 8.65. The van der Waals surface area contributed by atoms with Gasteiger partial charge in [-0.15, -0.1) is 11.6 Å². The van der Waals surface area contributed by atoms with Gasteiger partial charge in [0.25, 0.3) is 5.54 Å². The van der Waals surface area contributed by atoms with Gasteiger partial charge in [-0.05, 0) is 6.42 Å². The molecule has 1 aliphatic carbocycles. The van der Waals surface area contributed by atoms with E-state index in [9.17, 15) is 26.3 Å². The molecule has 1 aliphatic heterocycles. The van der Waals surface area contributed by atoms with Gasteiger partial charge >= 0.3 is 12.4 Å². The zero-order chi connectivity index (χ0) is 13.2. The molecule has 2 aliphatic rings. The van der Waals surface area contributed by atoms with Crippen molar-refractivity contribution >= 4 is 27.5 Å². The molecule has 0 aromatic carbocycles. The molecule has 100 valence electrons. The Morgan fingerprint density at radius 1 is 1.12 bits per heavy atom. The van der Waals surface area contributed by atoms with E-state index in [-0.39, 0.29) is 6.42 Å². The molecule has 0 radical (unpaired) electrons. The summed E-state index contributed by atoms with van der Waals surface area (Å²) in [5.41, 5.74) is -3.72. The molecule has 17 heavy (non-hydrogen) atoms. The molecule has 0 amide bonds. The first-order valence-electron chi connectivity index (χ1n) is 4.80. The normalized spacial score (nSPS) is 40.9. The van der Waals surface area contributed by atoms with E-state index in [0.29, 0.717) is 5.32 Å². The van der Waals surface area contributed by atoms with Crippen LogP contribution in [0.25, 0.3) is 0 Å². The van der Waals surface area contributed by atoms with Gasteiger partial charge in [0.05, 0.1) is 16.1 Å². The van der Waals surface area contributed by atoms with Crippen molar-refractivity contribution in [2.24, 2.45) is 5.92 Å². The fraction of sp³-hybridized carbons (Fsp3) is 1.00. The van der Waals surface area contributed by atoms with Crippen molar-refractivity contribution in [2.75, 3.05) is 0 Å². The van der Waals surface area contributed by atoms with Crippen molar-refractivity contribution in [3.63, 3.8) is 0 Å². The summed E-state index contributed by atoms with van der Waals surface area (Å²) in [7, 11) is 0. The summed E-state index contributed by atoms with van der Waals surface area (Å²) < 4.78 is 77.1. The quantitative estimate of drug-likeness (QED) is 0.511. The number of rotatable bonds is 0. The molecule has 0 aromatic rings. The maximum absolute atomic E-state index is 12.9. The van der Waals surface area contributed by atoms with Gasteiger partial charge < -0.3 is 5.32 Å². The second-order valence-corrected chi connectivity index (χ2v) is 6.03. The molecule has 4 atom stereocenters. The number of nitrogens with two attached hydrogens (primary N) is 1. The number of halogens is 8. The third-order valence-electron chi connectivity index (χ3n) is 3.63. The van der Waals surface area contributed by atoms with Crippen LogP contribution in [0.2, 0.25) is 0 Å². The minimum Gasteiger partial charge on any atom is -0.321 e. The third-order valence-corrected chi connectivity index (χ3v) is 5.34. The van der Waals surface area contributed by atoms with Crippen molar-refractivity contribution in [2.45, 2.75) is 40.6 Å². The first-order valence-corrected chi connectivity index (χ1v) is 6.15. The zero-order valence-electron chi connectivity index (χ0n) is 8.12. The molecule has 0 unspecified atom stereocenters. The summed E-state index contributed by atoms with van der Waals surface area (Å²) in [6, 6.07) is -0.898. The molecule has 1 heterocycles. The predicted molar refractivity (Wildman–Crippen MR) is 51.0 cm³/mol. The average Bonchev–Trinajstić information content (AvgIpc) is 2.53. The van der Waals surface area contributed by atoms with Crippen molar-refractivity contribution in [1.29, 1.82) is 0 Å². The van der Waals surface area contributed by atoms with Gasteiger partial charge in [0.2, 0.25) is 0 Å². The summed E-state index contributed by atoms with van der Waals surface area (Å²) in [6.07, 6.45) is -11.0. The molecule has 2 fully saturated rings. The van der Waals surface area contributed by atoms with Crippen molar-refractivity contribution in [1.82, 2.24) is 0 Å². The molecule has 1 nitrogen and oxygen atoms in total. The highest BCUT2D eigenvalue weighted by atomic mass is 79.9. The second-order valence-electron chi connectivity index (χ2n) is 4.41. The lowest BCUT2D eigenvalue weighted by atomic mass is 9.82. The first-order chi connectivity index (χ1) is 7.52. The van der Waals surface area contributed by atoms with E-state index in [0.717, 1.165) is 0 Å². The van der Waals surface area contributed by atoms with Gasteiger partial charge in [-0.1, -0.05) is 15.9 Å². The summed E-state index contributed by atoms with van der Waals surface area (Å²) in [5.74, 6) is -1.57.